The zero-order valence-corrected chi connectivity index (χ0v) is 13.1. The van der Waals surface area contributed by atoms with Gasteiger partial charge in [-0.3, -0.25) is 0 Å². The Morgan fingerprint density at radius 3 is 2.48 bits per heavy atom. The number of nitrogens with zero attached hydrogens (tertiary/aromatic N) is 1. The summed E-state index contributed by atoms with van der Waals surface area (Å²) in [5.41, 5.74) is 1.76. The van der Waals surface area contributed by atoms with Crippen LogP contribution < -0.4 is 0 Å². The van der Waals surface area contributed by atoms with Crippen molar-refractivity contribution in [1.29, 1.82) is 0 Å². The minimum Gasteiger partial charge on any atom is -0.467 e. The number of esters is 1. The summed E-state index contributed by atoms with van der Waals surface area (Å²) in [5.74, 6) is -0.560. The highest BCUT2D eigenvalue weighted by molar-refractivity contribution is 7.89. The van der Waals surface area contributed by atoms with Crippen molar-refractivity contribution < 1.29 is 22.7 Å². The summed E-state index contributed by atoms with van der Waals surface area (Å²) >= 11 is 0. The first-order chi connectivity index (χ1) is 9.84. The Labute approximate surface area is 124 Å². The fraction of sp³-hybridized carbons (Fsp3) is 0.500. The SMILES string of the molecule is COC(=O)C1CN(S(=O)(=O)c2cc(C)cc(C)c2)CCO1. The van der Waals surface area contributed by atoms with Crippen LogP contribution in [0.25, 0.3) is 0 Å². The number of morpholine rings is 1. The number of sulfonamides is 1. The molecule has 1 saturated heterocycles. The van der Waals surface area contributed by atoms with Crippen LogP contribution in [0.1, 0.15) is 11.1 Å². The van der Waals surface area contributed by atoms with Gasteiger partial charge < -0.3 is 9.47 Å². The molecule has 0 saturated carbocycles. The molecule has 1 atom stereocenters. The topological polar surface area (TPSA) is 72.9 Å². The molecule has 0 aliphatic carbocycles. The summed E-state index contributed by atoms with van der Waals surface area (Å²) in [4.78, 5) is 11.8. The van der Waals surface area contributed by atoms with Gasteiger partial charge >= 0.3 is 5.97 Å². The van der Waals surface area contributed by atoms with E-state index in [1.807, 2.05) is 19.9 Å². The Morgan fingerprint density at radius 2 is 1.90 bits per heavy atom. The average Bonchev–Trinajstić information content (AvgIpc) is 2.45. The van der Waals surface area contributed by atoms with E-state index in [0.29, 0.717) is 0 Å². The van der Waals surface area contributed by atoms with E-state index in [-0.39, 0.29) is 24.6 Å². The fourth-order valence-electron chi connectivity index (χ4n) is 2.35. The number of aryl methyl sites for hydroxylation is 2. The van der Waals surface area contributed by atoms with Crippen LogP contribution in [0.4, 0.5) is 0 Å². The van der Waals surface area contributed by atoms with Gasteiger partial charge in [-0.2, -0.15) is 4.31 Å². The number of ether oxygens (including phenoxy) is 2. The molecule has 6 nitrogen and oxygen atoms in total. The van der Waals surface area contributed by atoms with Gasteiger partial charge in [-0.15, -0.1) is 0 Å². The summed E-state index contributed by atoms with van der Waals surface area (Å²) in [6.07, 6.45) is -0.871. The second-order valence-electron chi connectivity index (χ2n) is 5.07. The molecule has 21 heavy (non-hydrogen) atoms. The lowest BCUT2D eigenvalue weighted by atomic mass is 10.2. The molecule has 116 valence electrons. The molecule has 1 fully saturated rings. The Morgan fingerprint density at radius 1 is 1.29 bits per heavy atom. The van der Waals surface area contributed by atoms with Crippen LogP contribution in [0.5, 0.6) is 0 Å². The van der Waals surface area contributed by atoms with Crippen molar-refractivity contribution >= 4 is 16.0 Å². The number of hydrogen-bond acceptors (Lipinski definition) is 5. The number of methoxy groups -OCH3 is 1. The first kappa shape index (κ1) is 15.9. The van der Waals surface area contributed by atoms with E-state index in [9.17, 15) is 13.2 Å². The van der Waals surface area contributed by atoms with Crippen LogP contribution in [0.2, 0.25) is 0 Å². The summed E-state index contributed by atoms with van der Waals surface area (Å²) < 4.78 is 36.5. The lowest BCUT2D eigenvalue weighted by molar-refractivity contribution is -0.157. The quantitative estimate of drug-likeness (QED) is 0.774. The minimum atomic E-state index is -3.64. The smallest absolute Gasteiger partial charge is 0.336 e. The van der Waals surface area contributed by atoms with Crippen molar-refractivity contribution in [3.8, 4) is 0 Å². The molecule has 1 aliphatic rings. The molecule has 1 aromatic rings. The molecule has 7 heteroatoms. The number of carbonyl (C=O) groups is 1. The second kappa shape index (κ2) is 6.13. The maximum absolute atomic E-state index is 12.7. The third-order valence-electron chi connectivity index (χ3n) is 3.33. The molecule has 1 aromatic carbocycles. The van der Waals surface area contributed by atoms with Crippen LogP contribution in [-0.2, 0) is 24.3 Å². The maximum atomic E-state index is 12.7. The van der Waals surface area contributed by atoms with E-state index in [0.717, 1.165) is 11.1 Å². The van der Waals surface area contributed by atoms with Gasteiger partial charge in [0.25, 0.3) is 0 Å². The van der Waals surface area contributed by atoms with Crippen LogP contribution in [0.15, 0.2) is 23.1 Å². The largest absolute Gasteiger partial charge is 0.467 e. The summed E-state index contributed by atoms with van der Waals surface area (Å²) in [6, 6.07) is 5.17. The van der Waals surface area contributed by atoms with Crippen LogP contribution in [-0.4, -0.2) is 51.6 Å². The number of benzene rings is 1. The van der Waals surface area contributed by atoms with Gasteiger partial charge in [0.2, 0.25) is 10.0 Å². The van der Waals surface area contributed by atoms with Crippen LogP contribution in [0, 0.1) is 13.8 Å². The van der Waals surface area contributed by atoms with Crippen molar-refractivity contribution in [1.82, 2.24) is 4.31 Å². The van der Waals surface area contributed by atoms with E-state index in [2.05, 4.69) is 4.74 Å². The van der Waals surface area contributed by atoms with E-state index < -0.39 is 22.1 Å². The molecule has 1 aliphatic heterocycles. The fourth-order valence-corrected chi connectivity index (χ4v) is 3.96. The molecule has 1 heterocycles. The van der Waals surface area contributed by atoms with Crippen molar-refractivity contribution in [2.75, 3.05) is 26.8 Å². The predicted molar refractivity (Wildman–Crippen MR) is 76.4 cm³/mol. The molecular formula is C14H19NO5S. The van der Waals surface area contributed by atoms with E-state index in [1.165, 1.54) is 11.4 Å². The highest BCUT2D eigenvalue weighted by Gasteiger charge is 2.34. The maximum Gasteiger partial charge on any atom is 0.336 e. The first-order valence-corrected chi connectivity index (χ1v) is 8.06. The summed E-state index contributed by atoms with van der Waals surface area (Å²) in [6.45, 7) is 4.07. The number of carbonyl (C=O) groups excluding carboxylic acids is 1. The van der Waals surface area contributed by atoms with E-state index in [4.69, 9.17) is 4.74 Å². The Bertz CT molecular complexity index is 621. The van der Waals surface area contributed by atoms with Crippen LogP contribution >= 0.6 is 0 Å². The minimum absolute atomic E-state index is 0.0258. The number of hydrogen-bond donors (Lipinski definition) is 0. The molecule has 0 spiro atoms. The zero-order valence-electron chi connectivity index (χ0n) is 12.3. The van der Waals surface area contributed by atoms with E-state index in [1.54, 1.807) is 12.1 Å². The average molecular weight is 313 g/mol. The van der Waals surface area contributed by atoms with Crippen molar-refractivity contribution in [3.05, 3.63) is 29.3 Å². The molecule has 0 N–H and O–H groups in total. The van der Waals surface area contributed by atoms with Gasteiger partial charge in [0, 0.05) is 6.54 Å². The standard InChI is InChI=1S/C14H19NO5S/c1-10-6-11(2)8-12(7-10)21(17,18)15-4-5-20-13(9-15)14(16)19-3/h6-8,13H,4-5,9H2,1-3H3. The Balaban J connectivity index is 2.28. The number of rotatable bonds is 3. The molecule has 0 bridgehead atoms. The molecule has 0 aromatic heterocycles. The molecule has 0 radical (unpaired) electrons. The third-order valence-corrected chi connectivity index (χ3v) is 5.17. The normalized spacial score (nSPS) is 20.2. The predicted octanol–water partition coefficient (Wildman–Crippen LogP) is 0.866. The lowest BCUT2D eigenvalue weighted by Crippen LogP contribution is -2.48. The van der Waals surface area contributed by atoms with Crippen molar-refractivity contribution in [2.45, 2.75) is 24.8 Å². The van der Waals surface area contributed by atoms with Crippen molar-refractivity contribution in [2.24, 2.45) is 0 Å². The molecule has 0 amide bonds. The Kier molecular flexibility index (Phi) is 4.65. The summed E-state index contributed by atoms with van der Waals surface area (Å²) in [5, 5.41) is 0. The highest BCUT2D eigenvalue weighted by Crippen LogP contribution is 2.21. The molecule has 1 unspecified atom stereocenters. The first-order valence-electron chi connectivity index (χ1n) is 6.62. The Hall–Kier alpha value is -1.44. The summed E-state index contributed by atoms with van der Waals surface area (Å²) in [7, 11) is -2.38. The van der Waals surface area contributed by atoms with Crippen molar-refractivity contribution in [3.63, 3.8) is 0 Å². The van der Waals surface area contributed by atoms with Gasteiger partial charge in [-0.1, -0.05) is 6.07 Å². The van der Waals surface area contributed by atoms with E-state index >= 15 is 0 Å². The van der Waals surface area contributed by atoms with Gasteiger partial charge in [-0.25, -0.2) is 13.2 Å². The third kappa shape index (κ3) is 3.42. The molecule has 2 rings (SSSR count). The zero-order chi connectivity index (χ0) is 15.6. The van der Waals surface area contributed by atoms with Gasteiger partial charge in [0.05, 0.1) is 25.2 Å². The second-order valence-corrected chi connectivity index (χ2v) is 7.01. The monoisotopic (exact) mass is 313 g/mol. The van der Waals surface area contributed by atoms with Crippen LogP contribution in [0.3, 0.4) is 0 Å². The van der Waals surface area contributed by atoms with Gasteiger partial charge in [0.15, 0.2) is 6.10 Å². The molecular weight excluding hydrogens is 294 g/mol. The van der Waals surface area contributed by atoms with Gasteiger partial charge in [-0.05, 0) is 37.1 Å². The highest BCUT2D eigenvalue weighted by atomic mass is 32.2. The van der Waals surface area contributed by atoms with Gasteiger partial charge in [0.1, 0.15) is 0 Å². The lowest BCUT2D eigenvalue weighted by Gasteiger charge is -2.30.